The number of alkyl halides is 4. The summed E-state index contributed by atoms with van der Waals surface area (Å²) in [5.74, 6) is 0.194. The van der Waals surface area contributed by atoms with Crippen molar-refractivity contribution < 1.29 is 27.6 Å². The molecule has 0 spiro atoms. The monoisotopic (exact) mass is 580 g/mol. The fourth-order valence-corrected chi connectivity index (χ4v) is 6.11. The summed E-state index contributed by atoms with van der Waals surface area (Å²) in [5.41, 5.74) is -0.0117. The molecule has 0 aromatic heterocycles. The van der Waals surface area contributed by atoms with Crippen molar-refractivity contribution in [3.63, 3.8) is 0 Å². The van der Waals surface area contributed by atoms with Crippen molar-refractivity contribution in [2.24, 2.45) is 5.41 Å². The molecule has 146 valence electrons. The van der Waals surface area contributed by atoms with E-state index in [2.05, 4.69) is 47.8 Å². The maximum atomic E-state index is 12.3. The number of hydrogen-bond donors (Lipinski definition) is 0. The Labute approximate surface area is 174 Å². The first kappa shape index (κ1) is 25.8. The van der Waals surface area contributed by atoms with Gasteiger partial charge < -0.3 is 9.47 Å². The Kier molecular flexibility index (Phi) is 15.9. The van der Waals surface area contributed by atoms with Gasteiger partial charge in [0, 0.05) is 27.3 Å². The van der Waals surface area contributed by atoms with Crippen molar-refractivity contribution in [3.8, 4) is 0 Å². The molecule has 0 aromatic carbocycles. The highest BCUT2D eigenvalue weighted by atomic mass is 79.9. The number of ether oxygens (including phenoxy) is 2. The summed E-state index contributed by atoms with van der Waals surface area (Å²) in [7, 11) is -3.66. The van der Waals surface area contributed by atoms with Crippen LogP contribution in [0.1, 0.15) is 13.8 Å². The van der Waals surface area contributed by atoms with Crippen LogP contribution in [-0.2, 0) is 27.6 Å². The van der Waals surface area contributed by atoms with Crippen LogP contribution in [0.25, 0.3) is 0 Å². The third-order valence-corrected chi connectivity index (χ3v) is 8.08. The molecule has 0 amide bonds. The lowest BCUT2D eigenvalue weighted by Gasteiger charge is -2.27. The van der Waals surface area contributed by atoms with Gasteiger partial charge in [-0.15, -0.1) is 11.6 Å². The highest BCUT2D eigenvalue weighted by Crippen LogP contribution is 2.50. The third-order valence-electron chi connectivity index (χ3n) is 2.73. The minimum Gasteiger partial charge on any atom is -0.378 e. The summed E-state index contributed by atoms with van der Waals surface area (Å²) in [6.45, 7) is 4.85. The summed E-state index contributed by atoms with van der Waals surface area (Å²) in [5, 5.41) is 2.44. The first-order chi connectivity index (χ1) is 11.4. The molecule has 0 aliphatic heterocycles. The molecule has 6 nitrogen and oxygen atoms in total. The lowest BCUT2D eigenvalue weighted by atomic mass is 9.98. The minimum atomic E-state index is -3.66. The van der Waals surface area contributed by atoms with Gasteiger partial charge in [-0.2, -0.15) is 0 Å². The summed E-state index contributed by atoms with van der Waals surface area (Å²) < 4.78 is 38.7. The van der Waals surface area contributed by atoms with Crippen LogP contribution in [0, 0.1) is 5.41 Å². The van der Waals surface area contributed by atoms with Gasteiger partial charge in [0.15, 0.2) is 6.29 Å². The van der Waals surface area contributed by atoms with E-state index in [-0.39, 0.29) is 24.5 Å². The lowest BCUT2D eigenvalue weighted by molar-refractivity contribution is -0.101. The number of rotatable bonds is 16. The Balaban J connectivity index is 4.11. The summed E-state index contributed by atoms with van der Waals surface area (Å²) in [4.78, 5) is 0. The van der Waals surface area contributed by atoms with Crippen molar-refractivity contribution in [2.45, 2.75) is 20.1 Å². The Morgan fingerprint density at radius 1 is 1.08 bits per heavy atom. The summed E-state index contributed by atoms with van der Waals surface area (Å²) >= 11 is 16.0. The molecule has 0 saturated heterocycles. The molecule has 0 heterocycles. The van der Waals surface area contributed by atoms with Gasteiger partial charge in [0.1, 0.15) is 0 Å². The van der Waals surface area contributed by atoms with Crippen LogP contribution in [0.4, 0.5) is 0 Å². The van der Waals surface area contributed by atoms with Crippen LogP contribution >= 0.6 is 67.2 Å². The first-order valence-electron chi connectivity index (χ1n) is 7.41. The van der Waals surface area contributed by atoms with E-state index in [4.69, 9.17) is 34.6 Å². The van der Waals surface area contributed by atoms with Crippen LogP contribution in [0.15, 0.2) is 0 Å². The average Bonchev–Trinajstić information content (AvgIpc) is 2.57. The maximum absolute atomic E-state index is 12.3. The zero-order chi connectivity index (χ0) is 18.5. The second-order valence-corrected chi connectivity index (χ2v) is 8.57. The van der Waals surface area contributed by atoms with Crippen LogP contribution in [-0.4, -0.2) is 61.2 Å². The Hall–Kier alpha value is 1.76. The highest BCUT2D eigenvalue weighted by molar-refractivity contribution is 9.10. The molecule has 2 unspecified atom stereocenters. The van der Waals surface area contributed by atoms with Gasteiger partial charge in [-0.1, -0.05) is 47.8 Å². The van der Waals surface area contributed by atoms with E-state index in [1.165, 1.54) is 0 Å². The van der Waals surface area contributed by atoms with Crippen molar-refractivity contribution in [1.82, 2.24) is 0 Å². The van der Waals surface area contributed by atoms with E-state index in [1.54, 1.807) is 13.8 Å². The van der Waals surface area contributed by atoms with E-state index in [0.717, 1.165) is 16.0 Å². The molecule has 0 radical (unpaired) electrons. The Morgan fingerprint density at radius 3 is 2.21 bits per heavy atom. The van der Waals surface area contributed by atoms with Crippen molar-refractivity contribution >= 4 is 67.2 Å². The molecule has 0 fully saturated rings. The molecule has 11 heteroatoms. The van der Waals surface area contributed by atoms with Crippen molar-refractivity contribution in [2.75, 3.05) is 54.9 Å². The summed E-state index contributed by atoms with van der Waals surface area (Å²) in [6, 6.07) is 0. The van der Waals surface area contributed by atoms with Gasteiger partial charge in [-0.25, -0.2) is 4.57 Å². The summed E-state index contributed by atoms with van der Waals surface area (Å²) in [6.07, 6.45) is -0.755. The quantitative estimate of drug-likeness (QED) is 0.111. The fraction of sp³-hybridized carbons (Fsp3) is 1.00. The van der Waals surface area contributed by atoms with Crippen LogP contribution in [0.3, 0.4) is 0 Å². The van der Waals surface area contributed by atoms with Gasteiger partial charge in [-0.05, 0) is 13.8 Å². The smallest absolute Gasteiger partial charge is 0.378 e. The van der Waals surface area contributed by atoms with Crippen LogP contribution < -0.4 is 0 Å². The molecular weight excluding hydrogens is 558 g/mol. The van der Waals surface area contributed by atoms with E-state index in [9.17, 15) is 4.57 Å². The second-order valence-electron chi connectivity index (χ2n) is 4.88. The lowest BCUT2D eigenvalue weighted by Crippen LogP contribution is -2.33. The number of hydrogen-bond acceptors (Lipinski definition) is 6. The SMILES string of the molecule is CCOP(=O)(OCCCl)OC(C)OCCOCC(CBr)(CBr)CBr. The zero-order valence-corrected chi connectivity index (χ0v) is 20.3. The van der Waals surface area contributed by atoms with Gasteiger partial charge >= 0.3 is 7.82 Å². The van der Waals surface area contributed by atoms with Gasteiger partial charge in [0.25, 0.3) is 0 Å². The first-order valence-corrected chi connectivity index (χ1v) is 12.8. The van der Waals surface area contributed by atoms with E-state index in [1.807, 2.05) is 0 Å². The molecule has 0 saturated carbocycles. The largest absolute Gasteiger partial charge is 0.477 e. The Morgan fingerprint density at radius 2 is 1.71 bits per heavy atom. The van der Waals surface area contributed by atoms with Crippen molar-refractivity contribution in [3.05, 3.63) is 0 Å². The van der Waals surface area contributed by atoms with Crippen LogP contribution in [0.2, 0.25) is 0 Å². The molecule has 0 aliphatic carbocycles. The topological polar surface area (TPSA) is 63.2 Å². The molecule has 0 bridgehead atoms. The van der Waals surface area contributed by atoms with E-state index < -0.39 is 14.1 Å². The van der Waals surface area contributed by atoms with E-state index >= 15 is 0 Å². The molecule has 24 heavy (non-hydrogen) atoms. The average molecular weight is 583 g/mol. The molecule has 2 atom stereocenters. The van der Waals surface area contributed by atoms with Gasteiger partial charge in [0.05, 0.1) is 33.0 Å². The number of halogens is 4. The highest BCUT2D eigenvalue weighted by Gasteiger charge is 2.29. The Bertz CT molecular complexity index is 354. The predicted molar refractivity (Wildman–Crippen MR) is 107 cm³/mol. The predicted octanol–water partition coefficient (Wildman–Crippen LogP) is 4.95. The van der Waals surface area contributed by atoms with Crippen molar-refractivity contribution in [1.29, 1.82) is 0 Å². The standard InChI is InChI=1S/C13H25Br3ClO6P/c1-3-21-24(18,22-5-4-17)23-12(2)20-7-6-19-11-13(8-14,9-15)10-16/h12H,3-11H2,1-2H3. The molecule has 0 aromatic rings. The normalized spacial score (nSPS) is 16.1. The molecule has 0 rings (SSSR count). The number of phosphoric ester groups is 1. The maximum Gasteiger partial charge on any atom is 0.477 e. The number of phosphoric acid groups is 1. The third kappa shape index (κ3) is 10.8. The molecule has 0 N–H and O–H groups in total. The minimum absolute atomic E-state index is 0.0117. The van der Waals surface area contributed by atoms with E-state index in [0.29, 0.717) is 19.8 Å². The zero-order valence-electron chi connectivity index (χ0n) is 13.8. The second kappa shape index (κ2) is 14.8. The fourth-order valence-electron chi connectivity index (χ4n) is 1.40. The van der Waals surface area contributed by atoms with Gasteiger partial charge in [0.2, 0.25) is 0 Å². The van der Waals surface area contributed by atoms with Gasteiger partial charge in [-0.3, -0.25) is 13.6 Å². The van der Waals surface area contributed by atoms with Crippen LogP contribution in [0.5, 0.6) is 0 Å². The molecule has 0 aliphatic rings. The molecular formula is C13H25Br3ClO6P.